The summed E-state index contributed by atoms with van der Waals surface area (Å²) in [6.45, 7) is 3.44. The standard InChI is InChI=1S/C16H18FN5/c1-3-7-20-16(19-4-2)21-11-13-5-6-15(14(17)10-13)22-9-8-18-12-22/h1,5-6,8-10,12H,4,7,11H2,2H3,(H2,19,20,21). The van der Waals surface area contributed by atoms with Crippen LogP contribution < -0.4 is 10.6 Å². The summed E-state index contributed by atoms with van der Waals surface area (Å²) >= 11 is 0. The summed E-state index contributed by atoms with van der Waals surface area (Å²) in [4.78, 5) is 8.28. The number of halogens is 1. The Hall–Kier alpha value is -2.81. The molecule has 0 aliphatic heterocycles. The molecule has 1 aromatic carbocycles. The van der Waals surface area contributed by atoms with Gasteiger partial charge < -0.3 is 15.2 Å². The highest BCUT2D eigenvalue weighted by molar-refractivity contribution is 5.79. The lowest BCUT2D eigenvalue weighted by atomic mass is 10.2. The van der Waals surface area contributed by atoms with E-state index in [0.29, 0.717) is 24.7 Å². The summed E-state index contributed by atoms with van der Waals surface area (Å²) in [7, 11) is 0. The number of nitrogens with one attached hydrogen (secondary N) is 2. The number of hydrogen-bond acceptors (Lipinski definition) is 2. The van der Waals surface area contributed by atoms with E-state index in [1.165, 1.54) is 6.07 Å². The van der Waals surface area contributed by atoms with Crippen molar-refractivity contribution in [2.45, 2.75) is 13.5 Å². The van der Waals surface area contributed by atoms with Crippen molar-refractivity contribution in [3.63, 3.8) is 0 Å². The van der Waals surface area contributed by atoms with Crippen molar-refractivity contribution in [3.05, 3.63) is 48.3 Å². The van der Waals surface area contributed by atoms with Gasteiger partial charge in [-0.1, -0.05) is 12.0 Å². The Bertz CT molecular complexity index is 670. The first-order chi connectivity index (χ1) is 10.7. The van der Waals surface area contributed by atoms with Gasteiger partial charge in [0, 0.05) is 18.9 Å². The van der Waals surface area contributed by atoms with Crippen molar-refractivity contribution in [1.29, 1.82) is 0 Å². The third-order valence-corrected chi connectivity index (χ3v) is 2.92. The summed E-state index contributed by atoms with van der Waals surface area (Å²) in [5.41, 5.74) is 1.24. The van der Waals surface area contributed by atoms with Crippen LogP contribution in [0, 0.1) is 18.2 Å². The minimum absolute atomic E-state index is 0.313. The third kappa shape index (κ3) is 4.09. The lowest BCUT2D eigenvalue weighted by molar-refractivity contribution is 0.615. The van der Waals surface area contributed by atoms with Crippen molar-refractivity contribution in [3.8, 4) is 18.0 Å². The summed E-state index contributed by atoms with van der Waals surface area (Å²) in [6.07, 6.45) is 10.1. The Morgan fingerprint density at radius 3 is 2.95 bits per heavy atom. The van der Waals surface area contributed by atoms with E-state index in [4.69, 9.17) is 6.42 Å². The highest BCUT2D eigenvalue weighted by Gasteiger charge is 2.05. The second-order valence-electron chi connectivity index (χ2n) is 4.51. The zero-order valence-corrected chi connectivity index (χ0v) is 12.4. The number of aliphatic imine (C=N–C) groups is 1. The predicted octanol–water partition coefficient (Wildman–Crippen LogP) is 1.70. The summed E-state index contributed by atoms with van der Waals surface area (Å²) in [5.74, 6) is 2.78. The smallest absolute Gasteiger partial charge is 0.192 e. The molecule has 0 spiro atoms. The molecule has 114 valence electrons. The average molecular weight is 299 g/mol. The maximum atomic E-state index is 14.1. The molecule has 0 amide bonds. The Labute approximate surface area is 129 Å². The van der Waals surface area contributed by atoms with Gasteiger partial charge in [0.25, 0.3) is 0 Å². The van der Waals surface area contributed by atoms with Gasteiger partial charge in [-0.15, -0.1) is 6.42 Å². The first kappa shape index (κ1) is 15.6. The molecule has 0 radical (unpaired) electrons. The Morgan fingerprint density at radius 2 is 2.32 bits per heavy atom. The Morgan fingerprint density at radius 1 is 1.45 bits per heavy atom. The third-order valence-electron chi connectivity index (χ3n) is 2.92. The molecule has 5 nitrogen and oxygen atoms in total. The highest BCUT2D eigenvalue weighted by Crippen LogP contribution is 2.15. The molecule has 2 N–H and O–H groups in total. The van der Waals surface area contributed by atoms with Crippen LogP contribution in [0.2, 0.25) is 0 Å². The van der Waals surface area contributed by atoms with Gasteiger partial charge in [0.1, 0.15) is 5.82 Å². The van der Waals surface area contributed by atoms with Crippen LogP contribution in [-0.4, -0.2) is 28.6 Å². The van der Waals surface area contributed by atoms with Crippen molar-refractivity contribution in [2.75, 3.05) is 13.1 Å². The van der Waals surface area contributed by atoms with Gasteiger partial charge in [-0.3, -0.25) is 0 Å². The van der Waals surface area contributed by atoms with Crippen LogP contribution in [0.5, 0.6) is 0 Å². The largest absolute Gasteiger partial charge is 0.357 e. The highest BCUT2D eigenvalue weighted by atomic mass is 19.1. The first-order valence-electron chi connectivity index (χ1n) is 6.97. The SMILES string of the molecule is C#CCNC(=NCc1ccc(-n2ccnc2)c(F)c1)NCC. The van der Waals surface area contributed by atoms with Gasteiger partial charge in [0.15, 0.2) is 5.96 Å². The van der Waals surface area contributed by atoms with Crippen LogP contribution in [0.3, 0.4) is 0 Å². The number of hydrogen-bond donors (Lipinski definition) is 2. The molecule has 0 saturated carbocycles. The molecule has 1 heterocycles. The number of terminal acetylenes is 1. The number of imidazole rings is 1. The summed E-state index contributed by atoms with van der Waals surface area (Å²) in [5, 5.41) is 6.06. The van der Waals surface area contributed by atoms with Crippen LogP contribution in [0.15, 0.2) is 41.9 Å². The quantitative estimate of drug-likeness (QED) is 0.502. The Kier molecular flexibility index (Phi) is 5.55. The lowest BCUT2D eigenvalue weighted by Gasteiger charge is -2.09. The van der Waals surface area contributed by atoms with E-state index < -0.39 is 0 Å². The molecule has 2 aromatic rings. The second-order valence-corrected chi connectivity index (χ2v) is 4.51. The molecule has 0 aliphatic carbocycles. The van der Waals surface area contributed by atoms with Crippen molar-refractivity contribution < 1.29 is 4.39 Å². The molecular formula is C16H18FN5. The van der Waals surface area contributed by atoms with E-state index in [2.05, 4.69) is 26.5 Å². The molecule has 2 rings (SSSR count). The number of nitrogens with zero attached hydrogens (tertiary/aromatic N) is 3. The molecule has 0 atom stereocenters. The van der Waals surface area contributed by atoms with Crippen LogP contribution in [0.25, 0.3) is 5.69 Å². The second kappa shape index (κ2) is 7.84. The number of rotatable bonds is 5. The van der Waals surface area contributed by atoms with E-state index in [0.717, 1.165) is 12.1 Å². The predicted molar refractivity (Wildman–Crippen MR) is 85.2 cm³/mol. The maximum Gasteiger partial charge on any atom is 0.192 e. The molecule has 0 fully saturated rings. The van der Waals surface area contributed by atoms with Gasteiger partial charge in [-0.05, 0) is 24.6 Å². The van der Waals surface area contributed by atoms with Gasteiger partial charge in [-0.2, -0.15) is 0 Å². The fraction of sp³-hybridized carbons (Fsp3) is 0.250. The van der Waals surface area contributed by atoms with Crippen LogP contribution >= 0.6 is 0 Å². The van der Waals surface area contributed by atoms with Crippen LogP contribution in [0.4, 0.5) is 4.39 Å². The van der Waals surface area contributed by atoms with Crippen molar-refractivity contribution in [1.82, 2.24) is 20.2 Å². The molecule has 0 aliphatic rings. The van der Waals surface area contributed by atoms with E-state index in [1.54, 1.807) is 29.4 Å². The molecule has 0 saturated heterocycles. The molecule has 22 heavy (non-hydrogen) atoms. The zero-order valence-electron chi connectivity index (χ0n) is 12.4. The topological polar surface area (TPSA) is 54.2 Å². The van der Waals surface area contributed by atoms with Crippen molar-refractivity contribution >= 4 is 5.96 Å². The zero-order chi connectivity index (χ0) is 15.8. The number of aromatic nitrogens is 2. The first-order valence-corrected chi connectivity index (χ1v) is 6.97. The van der Waals surface area contributed by atoms with E-state index >= 15 is 0 Å². The van der Waals surface area contributed by atoms with Crippen LogP contribution in [-0.2, 0) is 6.54 Å². The van der Waals surface area contributed by atoms with Crippen molar-refractivity contribution in [2.24, 2.45) is 4.99 Å². The normalized spacial score (nSPS) is 11.0. The van der Waals surface area contributed by atoms with Gasteiger partial charge >= 0.3 is 0 Å². The molecule has 1 aromatic heterocycles. The van der Waals surface area contributed by atoms with Gasteiger partial charge in [-0.25, -0.2) is 14.4 Å². The van der Waals surface area contributed by atoms with Crippen LogP contribution in [0.1, 0.15) is 12.5 Å². The Balaban J connectivity index is 2.10. The summed E-state index contributed by atoms with van der Waals surface area (Å²) < 4.78 is 15.8. The summed E-state index contributed by atoms with van der Waals surface area (Å²) in [6, 6.07) is 5.03. The molecule has 6 heteroatoms. The maximum absolute atomic E-state index is 14.1. The fourth-order valence-electron chi connectivity index (χ4n) is 1.91. The fourth-order valence-corrected chi connectivity index (χ4v) is 1.91. The average Bonchev–Trinajstić information content (AvgIpc) is 3.04. The van der Waals surface area contributed by atoms with Gasteiger partial charge in [0.2, 0.25) is 0 Å². The molecule has 0 unspecified atom stereocenters. The number of benzene rings is 1. The van der Waals surface area contributed by atoms with E-state index in [-0.39, 0.29) is 5.82 Å². The number of guanidine groups is 1. The minimum atomic E-state index is -0.313. The lowest BCUT2D eigenvalue weighted by Crippen LogP contribution is -2.37. The van der Waals surface area contributed by atoms with E-state index in [9.17, 15) is 4.39 Å². The monoisotopic (exact) mass is 299 g/mol. The minimum Gasteiger partial charge on any atom is -0.357 e. The van der Waals surface area contributed by atoms with E-state index in [1.807, 2.05) is 13.0 Å². The molecular weight excluding hydrogens is 281 g/mol. The van der Waals surface area contributed by atoms with Gasteiger partial charge in [0.05, 0.1) is 25.1 Å². The molecule has 0 bridgehead atoms.